The van der Waals surface area contributed by atoms with Crippen molar-refractivity contribution in [3.63, 3.8) is 0 Å². The topological polar surface area (TPSA) is 30.3 Å². The van der Waals surface area contributed by atoms with Crippen LogP contribution in [0, 0.1) is 11.3 Å². The Kier molecular flexibility index (Phi) is 4.43. The lowest BCUT2D eigenvalue weighted by Crippen LogP contribution is -2.51. The van der Waals surface area contributed by atoms with Crippen LogP contribution in [0.1, 0.15) is 25.0 Å². The average Bonchev–Trinajstić information content (AvgIpc) is 2.45. The molecule has 1 aliphatic rings. The third kappa shape index (κ3) is 3.30. The van der Waals surface area contributed by atoms with E-state index in [1.165, 1.54) is 12.1 Å². The SMILES string of the molecule is CCN1CCN(c2ccc(C(F)(F)F)c(C#N)c2)CC1C. The van der Waals surface area contributed by atoms with E-state index in [4.69, 9.17) is 5.26 Å². The summed E-state index contributed by atoms with van der Waals surface area (Å²) in [5, 5.41) is 8.96. The normalized spacial score (nSPS) is 20.4. The maximum Gasteiger partial charge on any atom is 0.417 e. The molecule has 0 aliphatic carbocycles. The van der Waals surface area contributed by atoms with E-state index in [9.17, 15) is 13.2 Å². The summed E-state index contributed by atoms with van der Waals surface area (Å²) >= 11 is 0. The van der Waals surface area contributed by atoms with Gasteiger partial charge in [-0.25, -0.2) is 0 Å². The third-order valence-electron chi connectivity index (χ3n) is 3.97. The van der Waals surface area contributed by atoms with Gasteiger partial charge in [-0.2, -0.15) is 18.4 Å². The number of hydrogen-bond donors (Lipinski definition) is 0. The molecule has 0 N–H and O–H groups in total. The van der Waals surface area contributed by atoms with E-state index in [0.717, 1.165) is 32.2 Å². The lowest BCUT2D eigenvalue weighted by Gasteiger charge is -2.40. The number of halogens is 3. The molecule has 1 aromatic rings. The molecule has 0 spiro atoms. The third-order valence-corrected chi connectivity index (χ3v) is 3.97. The Morgan fingerprint density at radius 1 is 1.33 bits per heavy atom. The minimum Gasteiger partial charge on any atom is -0.369 e. The van der Waals surface area contributed by atoms with Crippen LogP contribution >= 0.6 is 0 Å². The van der Waals surface area contributed by atoms with Crippen molar-refractivity contribution in [3.8, 4) is 6.07 Å². The van der Waals surface area contributed by atoms with E-state index in [-0.39, 0.29) is 5.56 Å². The zero-order valence-corrected chi connectivity index (χ0v) is 12.1. The summed E-state index contributed by atoms with van der Waals surface area (Å²) in [4.78, 5) is 4.36. The molecule has 0 radical (unpaired) electrons. The second-order valence-electron chi connectivity index (χ2n) is 5.26. The van der Waals surface area contributed by atoms with Gasteiger partial charge in [-0.1, -0.05) is 6.92 Å². The summed E-state index contributed by atoms with van der Waals surface area (Å²) in [6.45, 7) is 7.55. The minimum absolute atomic E-state index is 0.314. The van der Waals surface area contributed by atoms with Crippen molar-refractivity contribution in [2.75, 3.05) is 31.1 Å². The Morgan fingerprint density at radius 3 is 2.57 bits per heavy atom. The average molecular weight is 297 g/mol. The van der Waals surface area contributed by atoms with Crippen LogP contribution in [0.2, 0.25) is 0 Å². The number of benzene rings is 1. The first kappa shape index (κ1) is 15.6. The Labute approximate surface area is 122 Å². The van der Waals surface area contributed by atoms with Crippen LogP contribution in [-0.2, 0) is 6.18 Å². The van der Waals surface area contributed by atoms with Gasteiger partial charge in [0.2, 0.25) is 0 Å². The monoisotopic (exact) mass is 297 g/mol. The molecule has 0 amide bonds. The number of rotatable bonds is 2. The van der Waals surface area contributed by atoms with Gasteiger partial charge in [0.1, 0.15) is 0 Å². The van der Waals surface area contributed by atoms with Gasteiger partial charge in [-0.15, -0.1) is 0 Å². The van der Waals surface area contributed by atoms with Gasteiger partial charge in [0, 0.05) is 31.4 Å². The van der Waals surface area contributed by atoms with Crippen molar-refractivity contribution in [1.29, 1.82) is 5.26 Å². The molecule has 2 rings (SSSR count). The van der Waals surface area contributed by atoms with Crippen LogP contribution < -0.4 is 4.90 Å². The number of nitriles is 1. The van der Waals surface area contributed by atoms with Gasteiger partial charge >= 0.3 is 6.18 Å². The summed E-state index contributed by atoms with van der Waals surface area (Å²) in [7, 11) is 0. The summed E-state index contributed by atoms with van der Waals surface area (Å²) in [6.07, 6.45) is -4.49. The van der Waals surface area contributed by atoms with E-state index < -0.39 is 11.7 Å². The van der Waals surface area contributed by atoms with Crippen molar-refractivity contribution in [1.82, 2.24) is 4.90 Å². The second-order valence-corrected chi connectivity index (χ2v) is 5.26. The molecular weight excluding hydrogens is 279 g/mol. The molecule has 0 saturated carbocycles. The smallest absolute Gasteiger partial charge is 0.369 e. The summed E-state index contributed by atoms with van der Waals surface area (Å²) in [6, 6.07) is 5.81. The predicted octanol–water partition coefficient (Wildman–Crippen LogP) is 3.11. The summed E-state index contributed by atoms with van der Waals surface area (Å²) in [5.74, 6) is 0. The fourth-order valence-corrected chi connectivity index (χ4v) is 2.77. The molecule has 1 aliphatic heterocycles. The first-order chi connectivity index (χ1) is 9.86. The van der Waals surface area contributed by atoms with Gasteiger partial charge < -0.3 is 4.90 Å². The highest BCUT2D eigenvalue weighted by molar-refractivity contribution is 5.55. The molecule has 6 heteroatoms. The van der Waals surface area contributed by atoms with Crippen LogP contribution in [0.3, 0.4) is 0 Å². The Balaban J connectivity index is 2.25. The first-order valence-corrected chi connectivity index (χ1v) is 6.97. The van der Waals surface area contributed by atoms with Crippen molar-refractivity contribution in [2.45, 2.75) is 26.1 Å². The molecule has 21 heavy (non-hydrogen) atoms. The first-order valence-electron chi connectivity index (χ1n) is 6.97. The quantitative estimate of drug-likeness (QED) is 0.840. The highest BCUT2D eigenvalue weighted by atomic mass is 19.4. The Morgan fingerprint density at radius 2 is 2.05 bits per heavy atom. The molecule has 114 valence electrons. The van der Waals surface area contributed by atoms with Crippen LogP contribution in [0.4, 0.5) is 18.9 Å². The van der Waals surface area contributed by atoms with Crippen molar-refractivity contribution < 1.29 is 13.2 Å². The van der Waals surface area contributed by atoms with Gasteiger partial charge in [0.25, 0.3) is 0 Å². The van der Waals surface area contributed by atoms with E-state index >= 15 is 0 Å². The number of alkyl halides is 3. The summed E-state index contributed by atoms with van der Waals surface area (Å²) in [5.41, 5.74) is -0.498. The van der Waals surface area contributed by atoms with E-state index in [1.54, 1.807) is 6.07 Å². The van der Waals surface area contributed by atoms with Crippen molar-refractivity contribution in [3.05, 3.63) is 29.3 Å². The highest BCUT2D eigenvalue weighted by Gasteiger charge is 2.34. The zero-order chi connectivity index (χ0) is 15.6. The van der Waals surface area contributed by atoms with Crippen molar-refractivity contribution >= 4 is 5.69 Å². The van der Waals surface area contributed by atoms with Gasteiger partial charge in [-0.3, -0.25) is 4.90 Å². The molecule has 0 bridgehead atoms. The van der Waals surface area contributed by atoms with Gasteiger partial charge in [-0.05, 0) is 31.7 Å². The van der Waals surface area contributed by atoms with Crippen LogP contribution in [0.25, 0.3) is 0 Å². The molecule has 1 fully saturated rings. The van der Waals surface area contributed by atoms with E-state index in [2.05, 4.69) is 18.7 Å². The Hall–Kier alpha value is -1.74. The number of piperazine rings is 1. The molecular formula is C15H18F3N3. The standard InChI is InChI=1S/C15H18F3N3/c1-3-20-6-7-21(10-11(20)2)13-4-5-14(15(16,17)18)12(8-13)9-19/h4-5,8,11H,3,6-7,10H2,1-2H3. The fraction of sp³-hybridized carbons (Fsp3) is 0.533. The maximum absolute atomic E-state index is 12.8. The van der Waals surface area contributed by atoms with Crippen LogP contribution in [0.15, 0.2) is 18.2 Å². The number of nitrogens with zero attached hydrogens (tertiary/aromatic N) is 3. The highest BCUT2D eigenvalue weighted by Crippen LogP contribution is 2.34. The number of hydrogen-bond acceptors (Lipinski definition) is 3. The second kappa shape index (κ2) is 5.94. The van der Waals surface area contributed by atoms with Crippen LogP contribution in [0.5, 0.6) is 0 Å². The summed E-state index contributed by atoms with van der Waals surface area (Å²) < 4.78 is 38.4. The zero-order valence-electron chi connectivity index (χ0n) is 12.1. The van der Waals surface area contributed by atoms with Gasteiger partial charge in [0.15, 0.2) is 0 Å². The van der Waals surface area contributed by atoms with Crippen LogP contribution in [-0.4, -0.2) is 37.1 Å². The lowest BCUT2D eigenvalue weighted by atomic mass is 10.1. The molecule has 3 nitrogen and oxygen atoms in total. The predicted molar refractivity (Wildman–Crippen MR) is 75.1 cm³/mol. The lowest BCUT2D eigenvalue weighted by molar-refractivity contribution is -0.137. The molecule has 1 atom stereocenters. The molecule has 1 heterocycles. The van der Waals surface area contributed by atoms with E-state index in [1.807, 2.05) is 4.90 Å². The largest absolute Gasteiger partial charge is 0.417 e. The number of anilines is 1. The number of likely N-dealkylation sites (N-methyl/N-ethyl adjacent to an activating group) is 1. The molecule has 1 unspecified atom stereocenters. The minimum atomic E-state index is -4.49. The molecule has 1 saturated heterocycles. The molecule has 0 aromatic heterocycles. The molecule has 1 aromatic carbocycles. The van der Waals surface area contributed by atoms with E-state index in [0.29, 0.717) is 11.7 Å². The maximum atomic E-state index is 12.8. The van der Waals surface area contributed by atoms with Gasteiger partial charge in [0.05, 0.1) is 17.2 Å². The fourth-order valence-electron chi connectivity index (χ4n) is 2.77. The van der Waals surface area contributed by atoms with Crippen molar-refractivity contribution in [2.24, 2.45) is 0 Å². The Bertz CT molecular complexity index is 548.